The van der Waals surface area contributed by atoms with E-state index in [2.05, 4.69) is 35.4 Å². The van der Waals surface area contributed by atoms with Crippen LogP contribution in [0.15, 0.2) is 48.7 Å². The Kier molecular flexibility index (Phi) is 4.49. The van der Waals surface area contributed by atoms with Crippen molar-refractivity contribution in [2.45, 2.75) is 20.0 Å². The Morgan fingerprint density at radius 2 is 2.09 bits per heavy atom. The first-order chi connectivity index (χ1) is 10.7. The van der Waals surface area contributed by atoms with Crippen LogP contribution < -0.4 is 5.32 Å². The molecule has 3 rings (SSSR count). The van der Waals surface area contributed by atoms with Crippen molar-refractivity contribution in [2.75, 3.05) is 13.1 Å². The number of carbonyl (C=O) groups is 1. The summed E-state index contributed by atoms with van der Waals surface area (Å²) in [5.41, 5.74) is 3.31. The third kappa shape index (κ3) is 3.52. The van der Waals surface area contributed by atoms with Gasteiger partial charge in [0.15, 0.2) is 0 Å². The number of rotatable bonds is 5. The zero-order valence-electron chi connectivity index (χ0n) is 12.8. The molecule has 1 aromatic carbocycles. The van der Waals surface area contributed by atoms with Crippen LogP contribution in [0.5, 0.6) is 0 Å². The molecule has 1 aliphatic heterocycles. The van der Waals surface area contributed by atoms with Crippen molar-refractivity contribution in [3.8, 4) is 0 Å². The second-order valence-corrected chi connectivity index (χ2v) is 5.86. The van der Waals surface area contributed by atoms with Crippen molar-refractivity contribution in [1.82, 2.24) is 15.2 Å². The molecular formula is C18H21N3O. The fourth-order valence-electron chi connectivity index (χ4n) is 2.65. The second kappa shape index (κ2) is 6.71. The monoisotopic (exact) mass is 295 g/mol. The summed E-state index contributed by atoms with van der Waals surface area (Å²) in [4.78, 5) is 19.0. The molecule has 0 radical (unpaired) electrons. The number of amides is 1. The van der Waals surface area contributed by atoms with Crippen LogP contribution in [0.25, 0.3) is 0 Å². The SMILES string of the molecule is Cc1cccc(CN(Cc2ccccn2)C(=O)C2CNC2)c1. The maximum absolute atomic E-state index is 12.7. The molecule has 0 atom stereocenters. The van der Waals surface area contributed by atoms with Gasteiger partial charge in [-0.25, -0.2) is 0 Å². The van der Waals surface area contributed by atoms with E-state index in [9.17, 15) is 4.79 Å². The zero-order chi connectivity index (χ0) is 15.4. The van der Waals surface area contributed by atoms with Crippen molar-refractivity contribution in [3.63, 3.8) is 0 Å². The van der Waals surface area contributed by atoms with Gasteiger partial charge in [0.2, 0.25) is 5.91 Å². The summed E-state index contributed by atoms with van der Waals surface area (Å²) in [6, 6.07) is 14.1. The van der Waals surface area contributed by atoms with E-state index in [0.29, 0.717) is 13.1 Å². The Bertz CT molecular complexity index is 638. The highest BCUT2D eigenvalue weighted by atomic mass is 16.2. The molecule has 2 heterocycles. The summed E-state index contributed by atoms with van der Waals surface area (Å²) in [6.45, 7) is 4.83. The highest BCUT2D eigenvalue weighted by Crippen LogP contribution is 2.15. The van der Waals surface area contributed by atoms with Crippen LogP contribution in [0.3, 0.4) is 0 Å². The maximum Gasteiger partial charge on any atom is 0.228 e. The number of pyridine rings is 1. The van der Waals surface area contributed by atoms with Crippen LogP contribution in [-0.2, 0) is 17.9 Å². The van der Waals surface area contributed by atoms with Crippen LogP contribution >= 0.6 is 0 Å². The molecule has 2 aromatic rings. The highest BCUT2D eigenvalue weighted by Gasteiger charge is 2.29. The van der Waals surface area contributed by atoms with E-state index in [1.807, 2.05) is 29.2 Å². The minimum atomic E-state index is 0.105. The normalized spacial score (nSPS) is 14.4. The molecule has 0 saturated carbocycles. The zero-order valence-corrected chi connectivity index (χ0v) is 12.8. The Morgan fingerprint density at radius 3 is 2.73 bits per heavy atom. The van der Waals surface area contributed by atoms with Crippen molar-refractivity contribution in [1.29, 1.82) is 0 Å². The van der Waals surface area contributed by atoms with Gasteiger partial charge in [-0.15, -0.1) is 0 Å². The smallest absolute Gasteiger partial charge is 0.228 e. The van der Waals surface area contributed by atoms with Gasteiger partial charge in [-0.05, 0) is 24.6 Å². The molecule has 1 aromatic heterocycles. The molecule has 1 fully saturated rings. The first-order valence-corrected chi connectivity index (χ1v) is 7.67. The molecular weight excluding hydrogens is 274 g/mol. The number of nitrogens with one attached hydrogen (secondary N) is 1. The minimum absolute atomic E-state index is 0.105. The van der Waals surface area contributed by atoms with Gasteiger partial charge in [0.25, 0.3) is 0 Å². The molecule has 1 amide bonds. The Labute approximate surface area is 131 Å². The first-order valence-electron chi connectivity index (χ1n) is 7.67. The number of benzene rings is 1. The van der Waals surface area contributed by atoms with Gasteiger partial charge in [-0.2, -0.15) is 0 Å². The second-order valence-electron chi connectivity index (χ2n) is 5.86. The van der Waals surface area contributed by atoms with Gasteiger partial charge in [-0.1, -0.05) is 35.9 Å². The van der Waals surface area contributed by atoms with E-state index in [1.54, 1.807) is 6.20 Å². The molecule has 4 nitrogen and oxygen atoms in total. The van der Waals surface area contributed by atoms with Crippen molar-refractivity contribution in [2.24, 2.45) is 5.92 Å². The lowest BCUT2D eigenvalue weighted by molar-refractivity contribution is -0.138. The molecule has 4 heteroatoms. The molecule has 0 unspecified atom stereocenters. The van der Waals surface area contributed by atoms with Gasteiger partial charge < -0.3 is 10.2 Å². The van der Waals surface area contributed by atoms with E-state index in [-0.39, 0.29) is 11.8 Å². The molecule has 0 aliphatic carbocycles. The molecule has 22 heavy (non-hydrogen) atoms. The lowest BCUT2D eigenvalue weighted by Crippen LogP contribution is -2.51. The topological polar surface area (TPSA) is 45.2 Å². The molecule has 0 spiro atoms. The van der Waals surface area contributed by atoms with Gasteiger partial charge in [-0.3, -0.25) is 9.78 Å². The van der Waals surface area contributed by atoms with E-state index in [1.165, 1.54) is 5.56 Å². The third-order valence-corrected chi connectivity index (χ3v) is 3.98. The van der Waals surface area contributed by atoms with Crippen LogP contribution in [0.4, 0.5) is 0 Å². The number of hydrogen-bond donors (Lipinski definition) is 1. The van der Waals surface area contributed by atoms with Crippen LogP contribution in [-0.4, -0.2) is 28.9 Å². The number of carbonyl (C=O) groups excluding carboxylic acids is 1. The number of aryl methyl sites for hydroxylation is 1. The van der Waals surface area contributed by atoms with Crippen molar-refractivity contribution < 1.29 is 4.79 Å². The summed E-state index contributed by atoms with van der Waals surface area (Å²) in [7, 11) is 0. The minimum Gasteiger partial charge on any atom is -0.332 e. The predicted molar refractivity (Wildman–Crippen MR) is 86.0 cm³/mol. The Balaban J connectivity index is 1.77. The lowest BCUT2D eigenvalue weighted by Gasteiger charge is -2.32. The maximum atomic E-state index is 12.7. The number of aromatic nitrogens is 1. The molecule has 1 aliphatic rings. The standard InChI is InChI=1S/C18H21N3O/c1-14-5-4-6-15(9-14)12-21(18(22)16-10-19-11-16)13-17-7-2-3-8-20-17/h2-9,16,19H,10-13H2,1H3. The fourth-order valence-corrected chi connectivity index (χ4v) is 2.65. The summed E-state index contributed by atoms with van der Waals surface area (Å²) in [5, 5.41) is 3.17. The fraction of sp³-hybridized carbons (Fsp3) is 0.333. The predicted octanol–water partition coefficient (Wildman–Crippen LogP) is 2.14. The van der Waals surface area contributed by atoms with E-state index < -0.39 is 0 Å². The quantitative estimate of drug-likeness (QED) is 0.919. The molecule has 114 valence electrons. The molecule has 0 bridgehead atoms. The highest BCUT2D eigenvalue weighted by molar-refractivity contribution is 5.80. The number of hydrogen-bond acceptors (Lipinski definition) is 3. The van der Waals surface area contributed by atoms with E-state index in [0.717, 1.165) is 24.3 Å². The van der Waals surface area contributed by atoms with Gasteiger partial charge in [0, 0.05) is 25.8 Å². The van der Waals surface area contributed by atoms with Crippen LogP contribution in [0, 0.1) is 12.8 Å². The first kappa shape index (κ1) is 14.7. The van der Waals surface area contributed by atoms with Crippen molar-refractivity contribution in [3.05, 3.63) is 65.5 Å². The summed E-state index contributed by atoms with van der Waals surface area (Å²) in [6.07, 6.45) is 1.77. The third-order valence-electron chi connectivity index (χ3n) is 3.98. The lowest BCUT2D eigenvalue weighted by atomic mass is 10.0. The largest absolute Gasteiger partial charge is 0.332 e. The summed E-state index contributed by atoms with van der Waals surface area (Å²) >= 11 is 0. The number of nitrogens with zero attached hydrogens (tertiary/aromatic N) is 2. The Morgan fingerprint density at radius 1 is 1.23 bits per heavy atom. The van der Waals surface area contributed by atoms with Crippen molar-refractivity contribution >= 4 is 5.91 Å². The molecule has 1 N–H and O–H groups in total. The Hall–Kier alpha value is -2.20. The van der Waals surface area contributed by atoms with E-state index in [4.69, 9.17) is 0 Å². The average Bonchev–Trinajstić information content (AvgIpc) is 2.46. The van der Waals surface area contributed by atoms with Gasteiger partial charge in [0.05, 0.1) is 18.2 Å². The summed E-state index contributed by atoms with van der Waals surface area (Å²) in [5.74, 6) is 0.319. The van der Waals surface area contributed by atoms with Crippen LogP contribution in [0.1, 0.15) is 16.8 Å². The van der Waals surface area contributed by atoms with Gasteiger partial charge in [0.1, 0.15) is 0 Å². The van der Waals surface area contributed by atoms with E-state index >= 15 is 0 Å². The summed E-state index contributed by atoms with van der Waals surface area (Å²) < 4.78 is 0. The average molecular weight is 295 g/mol. The molecule has 1 saturated heterocycles. The van der Waals surface area contributed by atoms with Gasteiger partial charge >= 0.3 is 0 Å². The van der Waals surface area contributed by atoms with Crippen LogP contribution in [0.2, 0.25) is 0 Å².